The first kappa shape index (κ1) is 26.2. The van der Waals surface area contributed by atoms with Gasteiger partial charge in [0.15, 0.2) is 0 Å². The second-order valence-corrected chi connectivity index (χ2v) is 9.39. The van der Waals surface area contributed by atoms with Gasteiger partial charge in [0, 0.05) is 29.5 Å². The van der Waals surface area contributed by atoms with Crippen LogP contribution in [0.5, 0.6) is 0 Å². The smallest absolute Gasteiger partial charge is 0.282 e. The fraction of sp³-hybridized carbons (Fsp3) is 0.133. The Bertz CT molecular complexity index is 1620. The Morgan fingerprint density at radius 3 is 1.93 bits per heavy atom. The number of nitro groups is 2. The molecule has 0 fully saturated rings. The molecule has 0 bridgehead atoms. The third kappa shape index (κ3) is 4.66. The SMILES string of the molecule is C[C@H]1C[C@@H](N(C(=O)c2ccccc2[N+](=O)[O-])c2ccccc2)c2ccccc2N1C(=O)c1ccccc1[N+](=O)[O-]. The third-order valence-electron chi connectivity index (χ3n) is 7.01. The molecule has 10 nitrogen and oxygen atoms in total. The van der Waals surface area contributed by atoms with Crippen LogP contribution in [-0.4, -0.2) is 27.7 Å². The molecule has 1 aliphatic rings. The van der Waals surface area contributed by atoms with E-state index in [0.717, 1.165) is 0 Å². The van der Waals surface area contributed by atoms with Crippen molar-refractivity contribution in [2.75, 3.05) is 9.80 Å². The number of hydrogen-bond donors (Lipinski definition) is 0. The Morgan fingerprint density at radius 2 is 1.27 bits per heavy atom. The highest BCUT2D eigenvalue weighted by atomic mass is 16.6. The highest BCUT2D eigenvalue weighted by Crippen LogP contribution is 2.44. The molecule has 0 spiro atoms. The predicted molar refractivity (Wildman–Crippen MR) is 150 cm³/mol. The van der Waals surface area contributed by atoms with Crippen LogP contribution in [0.4, 0.5) is 22.7 Å². The van der Waals surface area contributed by atoms with Crippen LogP contribution in [0, 0.1) is 20.2 Å². The number of benzene rings is 4. The van der Waals surface area contributed by atoms with Crippen LogP contribution >= 0.6 is 0 Å². The molecule has 4 aromatic rings. The molecule has 0 N–H and O–H groups in total. The summed E-state index contributed by atoms with van der Waals surface area (Å²) >= 11 is 0. The van der Waals surface area contributed by atoms with E-state index in [1.807, 2.05) is 13.0 Å². The third-order valence-corrected chi connectivity index (χ3v) is 7.01. The zero-order valence-corrected chi connectivity index (χ0v) is 21.4. The van der Waals surface area contributed by atoms with Gasteiger partial charge in [0.05, 0.1) is 15.9 Å². The Balaban J connectivity index is 1.64. The number of amides is 2. The van der Waals surface area contributed by atoms with Crippen LogP contribution in [0.3, 0.4) is 0 Å². The summed E-state index contributed by atoms with van der Waals surface area (Å²) in [5.41, 5.74) is 0.990. The first-order chi connectivity index (χ1) is 19.3. The average Bonchev–Trinajstić information content (AvgIpc) is 2.97. The predicted octanol–water partition coefficient (Wildman–Crippen LogP) is 6.33. The molecule has 1 aliphatic heterocycles. The molecule has 40 heavy (non-hydrogen) atoms. The molecule has 0 aliphatic carbocycles. The van der Waals surface area contributed by atoms with Crippen LogP contribution in [0.1, 0.15) is 45.7 Å². The molecular formula is C30H24N4O6. The Morgan fingerprint density at radius 1 is 0.750 bits per heavy atom. The number of carbonyl (C=O) groups is 2. The molecule has 5 rings (SSSR count). The number of carbonyl (C=O) groups excluding carboxylic acids is 2. The maximum absolute atomic E-state index is 14.1. The minimum absolute atomic E-state index is 0.0384. The highest BCUT2D eigenvalue weighted by molar-refractivity contribution is 6.11. The van der Waals surface area contributed by atoms with Gasteiger partial charge in [-0.3, -0.25) is 29.8 Å². The largest absolute Gasteiger partial charge is 0.305 e. The van der Waals surface area contributed by atoms with Crippen LogP contribution in [-0.2, 0) is 0 Å². The lowest BCUT2D eigenvalue weighted by atomic mass is 9.89. The summed E-state index contributed by atoms with van der Waals surface area (Å²) in [4.78, 5) is 53.2. The van der Waals surface area contributed by atoms with Gasteiger partial charge >= 0.3 is 0 Å². The van der Waals surface area contributed by atoms with Crippen LogP contribution < -0.4 is 9.80 Å². The van der Waals surface area contributed by atoms with Crippen molar-refractivity contribution < 1.29 is 19.4 Å². The molecule has 0 aromatic heterocycles. The Kier molecular flexibility index (Phi) is 7.07. The van der Waals surface area contributed by atoms with Gasteiger partial charge in [-0.05, 0) is 49.2 Å². The molecule has 0 saturated heterocycles. The van der Waals surface area contributed by atoms with Crippen molar-refractivity contribution in [2.24, 2.45) is 0 Å². The van der Waals surface area contributed by atoms with Gasteiger partial charge in [0.1, 0.15) is 11.1 Å². The van der Waals surface area contributed by atoms with Crippen molar-refractivity contribution in [3.8, 4) is 0 Å². The molecule has 0 radical (unpaired) electrons. The van der Waals surface area contributed by atoms with E-state index in [0.29, 0.717) is 16.9 Å². The van der Waals surface area contributed by atoms with Crippen molar-refractivity contribution in [2.45, 2.75) is 25.4 Å². The lowest BCUT2D eigenvalue weighted by molar-refractivity contribution is -0.385. The zero-order chi connectivity index (χ0) is 28.4. The van der Waals surface area contributed by atoms with Crippen molar-refractivity contribution in [1.29, 1.82) is 0 Å². The highest BCUT2D eigenvalue weighted by Gasteiger charge is 2.41. The van der Waals surface area contributed by atoms with Crippen LogP contribution in [0.25, 0.3) is 0 Å². The van der Waals surface area contributed by atoms with Crippen molar-refractivity contribution in [3.05, 3.63) is 140 Å². The van der Waals surface area contributed by atoms with E-state index in [2.05, 4.69) is 0 Å². The lowest BCUT2D eigenvalue weighted by Crippen LogP contribution is -2.48. The first-order valence-corrected chi connectivity index (χ1v) is 12.6. The minimum Gasteiger partial charge on any atom is -0.305 e. The number of rotatable bonds is 6. The molecule has 2 amide bonds. The van der Waals surface area contributed by atoms with Gasteiger partial charge in [-0.15, -0.1) is 0 Å². The van der Waals surface area contributed by atoms with Gasteiger partial charge in [-0.1, -0.05) is 60.7 Å². The fourth-order valence-electron chi connectivity index (χ4n) is 5.25. The van der Waals surface area contributed by atoms with E-state index < -0.39 is 33.7 Å². The van der Waals surface area contributed by atoms with Crippen molar-refractivity contribution in [1.82, 2.24) is 0 Å². The molecule has 1 heterocycles. The fourth-order valence-corrected chi connectivity index (χ4v) is 5.25. The lowest BCUT2D eigenvalue weighted by Gasteiger charge is -2.43. The summed E-state index contributed by atoms with van der Waals surface area (Å²) in [6.45, 7) is 1.81. The van der Waals surface area contributed by atoms with E-state index in [-0.39, 0.29) is 28.9 Å². The topological polar surface area (TPSA) is 127 Å². The Hall–Kier alpha value is -5.38. The molecule has 4 aromatic carbocycles. The Labute approximate surface area is 229 Å². The average molecular weight is 537 g/mol. The molecule has 2 atom stereocenters. The minimum atomic E-state index is -0.587. The van der Waals surface area contributed by atoms with Crippen LogP contribution in [0.15, 0.2) is 103 Å². The van der Waals surface area contributed by atoms with Gasteiger partial charge in [0.25, 0.3) is 23.2 Å². The standard InChI is InChI=1S/C30H24N4O6/c1-20-19-28(32(21-11-3-2-4-12-21)30(36)24-15-7-10-18-27(24)34(39)40)22-13-5-8-16-25(22)31(20)29(35)23-14-6-9-17-26(23)33(37)38/h2-18,20,28H,19H2,1H3/t20-,28+/m0/s1. The number of nitrogens with zero attached hydrogens (tertiary/aromatic N) is 4. The van der Waals surface area contributed by atoms with Crippen molar-refractivity contribution in [3.63, 3.8) is 0 Å². The second kappa shape index (κ2) is 10.8. The van der Waals surface area contributed by atoms with Gasteiger partial charge in [-0.25, -0.2) is 0 Å². The van der Waals surface area contributed by atoms with Crippen molar-refractivity contribution >= 4 is 34.6 Å². The second-order valence-electron chi connectivity index (χ2n) is 9.39. The maximum atomic E-state index is 14.1. The van der Waals surface area contributed by atoms with Gasteiger partial charge < -0.3 is 9.80 Å². The van der Waals surface area contributed by atoms with E-state index in [4.69, 9.17) is 0 Å². The number of nitro benzene ring substituents is 2. The summed E-state index contributed by atoms with van der Waals surface area (Å²) in [6, 6.07) is 26.5. The molecule has 10 heteroatoms. The summed E-state index contributed by atoms with van der Waals surface area (Å²) in [5.74, 6) is -1.08. The first-order valence-electron chi connectivity index (χ1n) is 12.6. The normalized spacial score (nSPS) is 16.1. The molecular weight excluding hydrogens is 512 g/mol. The summed E-state index contributed by atoms with van der Waals surface area (Å²) < 4.78 is 0. The molecule has 200 valence electrons. The van der Waals surface area contributed by atoms with E-state index >= 15 is 0 Å². The number of fused-ring (bicyclic) bond motifs is 1. The number of anilines is 2. The summed E-state index contributed by atoms with van der Waals surface area (Å²) in [6.07, 6.45) is 0.282. The number of para-hydroxylation sites is 4. The number of hydrogen-bond acceptors (Lipinski definition) is 6. The zero-order valence-electron chi connectivity index (χ0n) is 21.4. The summed E-state index contributed by atoms with van der Waals surface area (Å²) in [7, 11) is 0. The maximum Gasteiger partial charge on any atom is 0.282 e. The van der Waals surface area contributed by atoms with Gasteiger partial charge in [-0.2, -0.15) is 0 Å². The quantitative estimate of drug-likeness (QED) is 0.209. The van der Waals surface area contributed by atoms with E-state index in [1.54, 1.807) is 60.7 Å². The molecule has 0 saturated carbocycles. The van der Waals surface area contributed by atoms with E-state index in [1.165, 1.54) is 46.2 Å². The monoisotopic (exact) mass is 536 g/mol. The van der Waals surface area contributed by atoms with Crippen LogP contribution in [0.2, 0.25) is 0 Å². The summed E-state index contributed by atoms with van der Waals surface area (Å²) in [5, 5.41) is 23.4. The molecule has 0 unspecified atom stereocenters. The van der Waals surface area contributed by atoms with E-state index in [9.17, 15) is 29.8 Å². The van der Waals surface area contributed by atoms with Gasteiger partial charge in [0.2, 0.25) is 0 Å².